The van der Waals surface area contributed by atoms with Gasteiger partial charge in [0.25, 0.3) is 5.95 Å². The maximum absolute atomic E-state index is 12.1. The second kappa shape index (κ2) is 4.66. The number of nitrogens with one attached hydrogen (secondary N) is 2. The summed E-state index contributed by atoms with van der Waals surface area (Å²) in [5.41, 5.74) is 1.21. The van der Waals surface area contributed by atoms with E-state index in [4.69, 9.17) is 0 Å². The van der Waals surface area contributed by atoms with Crippen molar-refractivity contribution in [1.82, 2.24) is 20.6 Å². The summed E-state index contributed by atoms with van der Waals surface area (Å²) in [4.78, 5) is 12.1. The predicted octanol–water partition coefficient (Wildman–Crippen LogP) is 2.10. The van der Waals surface area contributed by atoms with Crippen LogP contribution in [0.15, 0.2) is 42.5 Å². The quantitative estimate of drug-likeness (QED) is 0.769. The van der Waals surface area contributed by atoms with Gasteiger partial charge in [-0.15, -0.1) is 5.10 Å². The van der Waals surface area contributed by atoms with E-state index in [1.165, 1.54) is 16.3 Å². The van der Waals surface area contributed by atoms with E-state index in [9.17, 15) is 4.79 Å². The smallest absolute Gasteiger partial charge is 0.269 e. The molecule has 2 atom stereocenters. The Bertz CT molecular complexity index is 799. The molecule has 6 heteroatoms. The van der Waals surface area contributed by atoms with E-state index in [0.29, 0.717) is 0 Å². The minimum absolute atomic E-state index is 0.00957. The van der Waals surface area contributed by atoms with Crippen LogP contribution in [0.4, 0.5) is 5.95 Å². The molecule has 0 unspecified atom stereocenters. The molecule has 2 N–H and O–H groups in total. The number of hydrogen-bond donors (Lipinski definition) is 2. The Hall–Kier alpha value is -2.76. The molecule has 2 aromatic carbocycles. The van der Waals surface area contributed by atoms with Crippen molar-refractivity contribution < 1.29 is 4.79 Å². The molecular weight excluding hydrogens is 266 g/mol. The Morgan fingerprint density at radius 2 is 2.05 bits per heavy atom. The van der Waals surface area contributed by atoms with Crippen LogP contribution in [0.1, 0.15) is 17.9 Å². The van der Waals surface area contributed by atoms with Crippen LogP contribution in [0.25, 0.3) is 10.8 Å². The Morgan fingerprint density at radius 1 is 1.19 bits per heavy atom. The molecule has 0 spiro atoms. The van der Waals surface area contributed by atoms with E-state index in [-0.39, 0.29) is 23.7 Å². The molecule has 104 valence electrons. The molecule has 0 bridgehead atoms. The van der Waals surface area contributed by atoms with Crippen LogP contribution in [-0.2, 0) is 4.79 Å². The molecular formula is C15H13N5O. The van der Waals surface area contributed by atoms with Gasteiger partial charge >= 0.3 is 0 Å². The summed E-state index contributed by atoms with van der Waals surface area (Å²) in [5.74, 6) is 0.449. The van der Waals surface area contributed by atoms with Gasteiger partial charge in [-0.05, 0) is 33.9 Å². The minimum Gasteiger partial charge on any atom is -0.292 e. The molecule has 21 heavy (non-hydrogen) atoms. The highest BCUT2D eigenvalue weighted by Gasteiger charge is 2.44. The van der Waals surface area contributed by atoms with Gasteiger partial charge in [0.05, 0.1) is 0 Å². The zero-order valence-electron chi connectivity index (χ0n) is 11.2. The van der Waals surface area contributed by atoms with Crippen molar-refractivity contribution in [2.45, 2.75) is 12.3 Å². The first kappa shape index (κ1) is 12.0. The maximum Gasteiger partial charge on any atom is 0.269 e. The molecule has 1 heterocycles. The van der Waals surface area contributed by atoms with Crippen molar-refractivity contribution in [1.29, 1.82) is 0 Å². The van der Waals surface area contributed by atoms with Crippen molar-refractivity contribution in [2.75, 3.05) is 5.32 Å². The van der Waals surface area contributed by atoms with Gasteiger partial charge in [0.1, 0.15) is 0 Å². The summed E-state index contributed by atoms with van der Waals surface area (Å²) >= 11 is 0. The van der Waals surface area contributed by atoms with Crippen molar-refractivity contribution >= 4 is 22.6 Å². The van der Waals surface area contributed by atoms with Crippen LogP contribution in [0, 0.1) is 5.92 Å². The Morgan fingerprint density at radius 3 is 2.86 bits per heavy atom. The fourth-order valence-electron chi connectivity index (χ4n) is 2.71. The summed E-state index contributed by atoms with van der Waals surface area (Å²) in [6.45, 7) is 0. The van der Waals surface area contributed by atoms with Crippen LogP contribution in [0.2, 0.25) is 0 Å². The number of aromatic nitrogens is 4. The molecule has 0 saturated heterocycles. The van der Waals surface area contributed by atoms with Crippen LogP contribution in [-0.4, -0.2) is 26.5 Å². The molecule has 0 aliphatic heterocycles. The lowest BCUT2D eigenvalue weighted by molar-refractivity contribution is -0.117. The van der Waals surface area contributed by atoms with Crippen molar-refractivity contribution in [3.05, 3.63) is 48.0 Å². The molecule has 6 nitrogen and oxygen atoms in total. The summed E-state index contributed by atoms with van der Waals surface area (Å²) in [7, 11) is 0. The fraction of sp³-hybridized carbons (Fsp3) is 0.200. The number of nitrogens with zero attached hydrogens (tertiary/aromatic N) is 3. The standard InChI is InChI=1S/C15H13N5O/c21-14(16-15-17-19-20-18-15)13-8-12(13)11-6-5-9-3-1-2-4-10(9)7-11/h1-7,12-13H,8H2,(H2,16,17,18,19,20,21)/t12-,13+/m1/s1. The number of anilines is 1. The van der Waals surface area contributed by atoms with Crippen LogP contribution >= 0.6 is 0 Å². The van der Waals surface area contributed by atoms with Gasteiger partial charge in [-0.2, -0.15) is 5.21 Å². The molecule has 1 amide bonds. The first-order valence-electron chi connectivity index (χ1n) is 6.84. The summed E-state index contributed by atoms with van der Waals surface area (Å²) < 4.78 is 0. The van der Waals surface area contributed by atoms with E-state index in [0.717, 1.165) is 6.42 Å². The normalized spacial score (nSPS) is 20.4. The number of rotatable bonds is 3. The second-order valence-electron chi connectivity index (χ2n) is 5.28. The Kier molecular flexibility index (Phi) is 2.67. The van der Waals surface area contributed by atoms with Crippen LogP contribution in [0.5, 0.6) is 0 Å². The lowest BCUT2D eigenvalue weighted by Gasteiger charge is -2.03. The molecule has 1 fully saturated rings. The van der Waals surface area contributed by atoms with Crippen molar-refractivity contribution in [2.24, 2.45) is 5.92 Å². The number of benzene rings is 2. The lowest BCUT2D eigenvalue weighted by Crippen LogP contribution is -2.15. The zero-order chi connectivity index (χ0) is 14.2. The third kappa shape index (κ3) is 2.24. The van der Waals surface area contributed by atoms with Crippen LogP contribution < -0.4 is 5.32 Å². The summed E-state index contributed by atoms with van der Waals surface area (Å²) in [6, 6.07) is 14.6. The van der Waals surface area contributed by atoms with Gasteiger partial charge in [-0.1, -0.05) is 47.6 Å². The topological polar surface area (TPSA) is 83.6 Å². The molecule has 4 rings (SSSR count). The number of amides is 1. The predicted molar refractivity (Wildman–Crippen MR) is 77.6 cm³/mol. The largest absolute Gasteiger partial charge is 0.292 e. The third-order valence-electron chi connectivity index (χ3n) is 3.91. The van der Waals surface area contributed by atoms with Crippen molar-refractivity contribution in [3.63, 3.8) is 0 Å². The second-order valence-corrected chi connectivity index (χ2v) is 5.28. The number of fused-ring (bicyclic) bond motifs is 1. The highest BCUT2D eigenvalue weighted by atomic mass is 16.2. The highest BCUT2D eigenvalue weighted by Crippen LogP contribution is 2.48. The molecule has 1 saturated carbocycles. The molecule has 1 aliphatic rings. The van der Waals surface area contributed by atoms with Gasteiger partial charge in [0.15, 0.2) is 0 Å². The number of hydrogen-bond acceptors (Lipinski definition) is 4. The van der Waals surface area contributed by atoms with Gasteiger partial charge in [0, 0.05) is 5.92 Å². The fourth-order valence-corrected chi connectivity index (χ4v) is 2.71. The van der Waals surface area contributed by atoms with Gasteiger partial charge in [-0.25, -0.2) is 0 Å². The average Bonchev–Trinajstić information content (AvgIpc) is 3.17. The van der Waals surface area contributed by atoms with E-state index >= 15 is 0 Å². The van der Waals surface area contributed by atoms with E-state index in [2.05, 4.69) is 56.3 Å². The molecule has 0 radical (unpaired) electrons. The monoisotopic (exact) mass is 279 g/mol. The Balaban J connectivity index is 1.51. The maximum atomic E-state index is 12.1. The highest BCUT2D eigenvalue weighted by molar-refractivity contribution is 5.94. The van der Waals surface area contributed by atoms with Crippen LogP contribution in [0.3, 0.4) is 0 Å². The number of aromatic amines is 1. The average molecular weight is 279 g/mol. The first-order chi connectivity index (χ1) is 10.3. The molecule has 1 aliphatic carbocycles. The first-order valence-corrected chi connectivity index (χ1v) is 6.84. The number of H-pyrrole nitrogens is 1. The molecule has 3 aromatic rings. The van der Waals surface area contributed by atoms with Gasteiger partial charge in [0.2, 0.25) is 5.91 Å². The number of tetrazole rings is 1. The van der Waals surface area contributed by atoms with E-state index in [1.807, 2.05) is 12.1 Å². The minimum atomic E-state index is -0.0467. The van der Waals surface area contributed by atoms with Gasteiger partial charge < -0.3 is 0 Å². The zero-order valence-corrected chi connectivity index (χ0v) is 11.2. The van der Waals surface area contributed by atoms with E-state index < -0.39 is 0 Å². The summed E-state index contributed by atoms with van der Waals surface area (Å²) in [5, 5.41) is 18.3. The SMILES string of the molecule is O=C(Nc1nn[nH]n1)[C@H]1C[C@@H]1c1ccc2ccccc2c1. The Labute approximate surface area is 120 Å². The lowest BCUT2D eigenvalue weighted by atomic mass is 10.0. The van der Waals surface area contributed by atoms with E-state index in [1.54, 1.807) is 0 Å². The number of carbonyl (C=O) groups is 1. The van der Waals surface area contributed by atoms with Gasteiger partial charge in [-0.3, -0.25) is 10.1 Å². The number of carbonyl (C=O) groups excluding carboxylic acids is 1. The summed E-state index contributed by atoms with van der Waals surface area (Å²) in [6.07, 6.45) is 0.863. The van der Waals surface area contributed by atoms with Crippen molar-refractivity contribution in [3.8, 4) is 0 Å². The third-order valence-corrected chi connectivity index (χ3v) is 3.91. The molecule has 1 aromatic heterocycles.